The van der Waals surface area contributed by atoms with E-state index in [9.17, 15) is 0 Å². The van der Waals surface area contributed by atoms with E-state index < -0.39 is 0 Å². The van der Waals surface area contributed by atoms with Crippen LogP contribution in [0.1, 0.15) is 12.8 Å². The van der Waals surface area contributed by atoms with Gasteiger partial charge in [-0.05, 0) is 19.9 Å². The summed E-state index contributed by atoms with van der Waals surface area (Å²) in [6, 6.07) is 3.33. The number of piperazine rings is 2. The highest BCUT2D eigenvalue weighted by Gasteiger charge is 2.44. The van der Waals surface area contributed by atoms with E-state index in [1.807, 2.05) is 0 Å². The molecule has 1 N–H and O–H groups in total. The smallest absolute Gasteiger partial charge is 0.0514 e. The highest BCUT2D eigenvalue weighted by atomic mass is 15.4. The van der Waals surface area contributed by atoms with E-state index in [4.69, 9.17) is 0 Å². The van der Waals surface area contributed by atoms with Gasteiger partial charge in [-0.2, -0.15) is 0 Å². The average Bonchev–Trinajstić information content (AvgIpc) is 2.96. The average molecular weight is 222 g/mol. The molecule has 0 unspecified atom stereocenters. The number of hydrogen-bond acceptors (Lipinski definition) is 4. The summed E-state index contributed by atoms with van der Waals surface area (Å²) in [5.41, 5.74) is 0. The zero-order valence-corrected chi connectivity index (χ0v) is 10.1. The van der Waals surface area contributed by atoms with Gasteiger partial charge in [-0.1, -0.05) is 0 Å². The zero-order valence-electron chi connectivity index (χ0n) is 10.1. The van der Waals surface area contributed by atoms with Gasteiger partial charge < -0.3 is 10.2 Å². The van der Waals surface area contributed by atoms with Gasteiger partial charge in [-0.15, -0.1) is 0 Å². The molecule has 4 rings (SSSR count). The molecule has 4 aliphatic rings. The molecule has 4 fully saturated rings. The number of likely N-dealkylation sites (tertiary alicyclic amines) is 3. The van der Waals surface area contributed by atoms with Gasteiger partial charge in [0, 0.05) is 50.3 Å². The van der Waals surface area contributed by atoms with Crippen LogP contribution in [0.25, 0.3) is 0 Å². The fraction of sp³-hybridized carbons (Fsp3) is 1.00. The summed E-state index contributed by atoms with van der Waals surface area (Å²) in [6.45, 7) is 6.35. The molecule has 4 atom stereocenters. The van der Waals surface area contributed by atoms with Crippen LogP contribution in [0, 0.1) is 0 Å². The number of fused-ring (bicyclic) bond motifs is 4. The quantitative estimate of drug-likeness (QED) is 0.672. The van der Waals surface area contributed by atoms with Crippen LogP contribution in [-0.4, -0.2) is 78.8 Å². The molecule has 4 bridgehead atoms. The molecule has 4 heterocycles. The summed E-state index contributed by atoms with van der Waals surface area (Å²) in [6.07, 6.45) is 2.80. The monoisotopic (exact) mass is 222 g/mol. The number of nitrogens with one attached hydrogen (secondary N) is 1. The fourth-order valence-corrected chi connectivity index (χ4v) is 4.18. The summed E-state index contributed by atoms with van der Waals surface area (Å²) in [4.78, 5) is 7.98. The highest BCUT2D eigenvalue weighted by Crippen LogP contribution is 2.31. The van der Waals surface area contributed by atoms with Crippen molar-refractivity contribution in [2.75, 3.05) is 39.9 Å². The summed E-state index contributed by atoms with van der Waals surface area (Å²) < 4.78 is 0. The van der Waals surface area contributed by atoms with E-state index in [0.717, 1.165) is 24.2 Å². The van der Waals surface area contributed by atoms with Gasteiger partial charge >= 0.3 is 0 Å². The lowest BCUT2D eigenvalue weighted by Gasteiger charge is -2.37. The summed E-state index contributed by atoms with van der Waals surface area (Å²) >= 11 is 0. The first-order chi connectivity index (χ1) is 7.79. The normalized spacial score (nSPS) is 48.6. The van der Waals surface area contributed by atoms with E-state index in [1.165, 1.54) is 45.7 Å². The minimum absolute atomic E-state index is 0.799. The van der Waals surface area contributed by atoms with Crippen molar-refractivity contribution >= 4 is 0 Å². The molecule has 4 aliphatic heterocycles. The molecule has 4 saturated heterocycles. The molecular formula is C12H22N4. The molecule has 0 aromatic heterocycles. The fourth-order valence-electron chi connectivity index (χ4n) is 4.18. The van der Waals surface area contributed by atoms with E-state index in [0.29, 0.717) is 0 Å². The second-order valence-corrected chi connectivity index (χ2v) is 6.16. The van der Waals surface area contributed by atoms with Crippen molar-refractivity contribution < 1.29 is 0 Å². The molecule has 4 nitrogen and oxygen atoms in total. The van der Waals surface area contributed by atoms with Gasteiger partial charge in [0.15, 0.2) is 0 Å². The maximum Gasteiger partial charge on any atom is 0.0514 e. The van der Waals surface area contributed by atoms with E-state index in [1.54, 1.807) is 0 Å². The first-order valence-electron chi connectivity index (χ1n) is 6.71. The van der Waals surface area contributed by atoms with Crippen molar-refractivity contribution in [1.82, 2.24) is 20.0 Å². The van der Waals surface area contributed by atoms with Crippen LogP contribution in [-0.2, 0) is 0 Å². The Kier molecular flexibility index (Phi) is 2.10. The molecule has 0 radical (unpaired) electrons. The molecule has 0 saturated carbocycles. The number of nitrogens with zero attached hydrogens (tertiary/aromatic N) is 3. The Morgan fingerprint density at radius 1 is 1.00 bits per heavy atom. The van der Waals surface area contributed by atoms with E-state index in [2.05, 4.69) is 27.1 Å². The Balaban J connectivity index is 1.39. The molecular weight excluding hydrogens is 200 g/mol. The predicted molar refractivity (Wildman–Crippen MR) is 63.3 cm³/mol. The number of rotatable bonds is 2. The van der Waals surface area contributed by atoms with Gasteiger partial charge in [0.25, 0.3) is 0 Å². The van der Waals surface area contributed by atoms with Gasteiger partial charge in [0.1, 0.15) is 0 Å². The van der Waals surface area contributed by atoms with Crippen LogP contribution in [0.5, 0.6) is 0 Å². The van der Waals surface area contributed by atoms with Gasteiger partial charge in [-0.25, -0.2) is 0 Å². The lowest BCUT2D eigenvalue weighted by Crippen LogP contribution is -2.53. The molecule has 4 heteroatoms. The summed E-state index contributed by atoms with van der Waals surface area (Å²) in [7, 11) is 2.28. The third-order valence-electron chi connectivity index (χ3n) is 5.16. The van der Waals surface area contributed by atoms with Crippen LogP contribution in [0.3, 0.4) is 0 Å². The lowest BCUT2D eigenvalue weighted by molar-refractivity contribution is 0.0663. The second-order valence-electron chi connectivity index (χ2n) is 6.16. The summed E-state index contributed by atoms with van der Waals surface area (Å²) in [5.74, 6) is 0. The Labute approximate surface area is 97.6 Å². The first-order valence-corrected chi connectivity index (χ1v) is 6.71. The molecule has 0 aromatic rings. The Hall–Kier alpha value is -0.160. The third kappa shape index (κ3) is 1.37. The predicted octanol–water partition coefficient (Wildman–Crippen LogP) is -0.622. The zero-order chi connectivity index (χ0) is 10.7. The summed E-state index contributed by atoms with van der Waals surface area (Å²) in [5, 5.41) is 3.58. The SMILES string of the molecule is CN1C[C@H]2C[C@@H]1CN2CN1C[C@@H]2C[C@H]1CN2. The van der Waals surface area contributed by atoms with Crippen LogP contribution in [0.4, 0.5) is 0 Å². The molecule has 16 heavy (non-hydrogen) atoms. The van der Waals surface area contributed by atoms with Crippen molar-refractivity contribution in [2.24, 2.45) is 0 Å². The Bertz CT molecular complexity index is 293. The van der Waals surface area contributed by atoms with Crippen molar-refractivity contribution in [2.45, 2.75) is 37.0 Å². The van der Waals surface area contributed by atoms with E-state index in [-0.39, 0.29) is 0 Å². The maximum atomic E-state index is 3.58. The Morgan fingerprint density at radius 2 is 1.88 bits per heavy atom. The third-order valence-corrected chi connectivity index (χ3v) is 5.16. The van der Waals surface area contributed by atoms with Gasteiger partial charge in [0.05, 0.1) is 6.67 Å². The van der Waals surface area contributed by atoms with E-state index >= 15 is 0 Å². The molecule has 0 aromatic carbocycles. The first kappa shape index (κ1) is 9.83. The standard InChI is InChI=1S/C12H22N4/c1-14-6-12-3-11(14)7-16(12)8-15-5-9-2-10(15)4-13-9/h9-13H,2-8H2,1H3/t9-,10-,11+,12+/m0/s1. The van der Waals surface area contributed by atoms with Crippen molar-refractivity contribution in [3.8, 4) is 0 Å². The van der Waals surface area contributed by atoms with Crippen LogP contribution >= 0.6 is 0 Å². The minimum atomic E-state index is 0.799. The molecule has 0 amide bonds. The van der Waals surface area contributed by atoms with Crippen molar-refractivity contribution in [3.05, 3.63) is 0 Å². The largest absolute Gasteiger partial charge is 0.311 e. The maximum absolute atomic E-state index is 3.58. The molecule has 0 aliphatic carbocycles. The molecule has 90 valence electrons. The number of likely N-dealkylation sites (N-methyl/N-ethyl adjacent to an activating group) is 1. The van der Waals surface area contributed by atoms with Crippen molar-refractivity contribution in [1.29, 1.82) is 0 Å². The minimum Gasteiger partial charge on any atom is -0.311 e. The van der Waals surface area contributed by atoms with Crippen molar-refractivity contribution in [3.63, 3.8) is 0 Å². The van der Waals surface area contributed by atoms with Crippen LogP contribution in [0.2, 0.25) is 0 Å². The van der Waals surface area contributed by atoms with Gasteiger partial charge in [-0.3, -0.25) is 9.80 Å². The van der Waals surface area contributed by atoms with Crippen LogP contribution in [0.15, 0.2) is 0 Å². The lowest BCUT2D eigenvalue weighted by atomic mass is 10.2. The topological polar surface area (TPSA) is 21.8 Å². The van der Waals surface area contributed by atoms with Crippen LogP contribution < -0.4 is 5.32 Å². The number of hydrogen-bond donors (Lipinski definition) is 1. The Morgan fingerprint density at radius 3 is 2.44 bits per heavy atom. The molecule has 0 spiro atoms. The highest BCUT2D eigenvalue weighted by molar-refractivity contribution is 5.01. The van der Waals surface area contributed by atoms with Gasteiger partial charge in [0.2, 0.25) is 0 Å². The second kappa shape index (κ2) is 3.42.